The van der Waals surface area contributed by atoms with Crippen LogP contribution in [0.1, 0.15) is 44.2 Å². The minimum atomic E-state index is -0.636. The molecule has 2 unspecified atom stereocenters. The largest absolute Gasteiger partial charge is 0.427 e. The van der Waals surface area contributed by atoms with Crippen molar-refractivity contribution in [3.63, 3.8) is 0 Å². The second-order valence-electron chi connectivity index (χ2n) is 8.97. The van der Waals surface area contributed by atoms with Gasteiger partial charge in [-0.05, 0) is 42.0 Å². The molecule has 0 aliphatic heterocycles. The van der Waals surface area contributed by atoms with E-state index in [0.717, 1.165) is 19.5 Å². The molecule has 0 aromatic heterocycles. The van der Waals surface area contributed by atoms with Crippen LogP contribution in [0.4, 0.5) is 0 Å². The summed E-state index contributed by atoms with van der Waals surface area (Å²) in [6.45, 7) is 5.82. The number of rotatable bonds is 12. The summed E-state index contributed by atoms with van der Waals surface area (Å²) in [5, 5.41) is 11.2. The van der Waals surface area contributed by atoms with E-state index in [1.807, 2.05) is 54.6 Å². The number of ether oxygens (including phenoxy) is 1. The monoisotopic (exact) mass is 445 g/mol. The second-order valence-corrected chi connectivity index (χ2v) is 8.97. The molecule has 4 nitrogen and oxygen atoms in total. The summed E-state index contributed by atoms with van der Waals surface area (Å²) in [6.07, 6.45) is 0.746. The summed E-state index contributed by atoms with van der Waals surface area (Å²) in [5.74, 6) is 0.627. The van der Waals surface area contributed by atoms with E-state index < -0.39 is 6.10 Å². The zero-order chi connectivity index (χ0) is 23.5. The first-order chi connectivity index (χ1) is 16.0. The van der Waals surface area contributed by atoms with Crippen molar-refractivity contribution >= 4 is 5.97 Å². The van der Waals surface area contributed by atoms with Crippen LogP contribution in [-0.2, 0) is 17.9 Å². The zero-order valence-corrected chi connectivity index (χ0v) is 19.6. The molecule has 174 valence electrons. The van der Waals surface area contributed by atoms with Crippen molar-refractivity contribution in [1.82, 2.24) is 4.90 Å². The standard InChI is InChI=1S/C29H35NO3/c1-23(2)20-27(28(31)18-19-29(32)33-26-16-10-5-11-17-26)30(21-24-12-6-3-7-13-24)22-25-14-8-4-9-15-25/h3-17,23,27-28,31H,18-22H2,1-2H3. The lowest BCUT2D eigenvalue weighted by Crippen LogP contribution is -2.44. The van der Waals surface area contributed by atoms with Gasteiger partial charge in [0.15, 0.2) is 0 Å². The molecule has 3 aromatic carbocycles. The summed E-state index contributed by atoms with van der Waals surface area (Å²) < 4.78 is 5.41. The molecule has 33 heavy (non-hydrogen) atoms. The predicted octanol–water partition coefficient (Wildman–Crippen LogP) is 5.85. The highest BCUT2D eigenvalue weighted by molar-refractivity contribution is 5.72. The Kier molecular flexibility index (Phi) is 9.67. The summed E-state index contributed by atoms with van der Waals surface area (Å²) in [5.41, 5.74) is 2.41. The number of para-hydroxylation sites is 1. The minimum Gasteiger partial charge on any atom is -0.427 e. The SMILES string of the molecule is CC(C)CC(C(O)CCC(=O)Oc1ccccc1)N(Cc1ccccc1)Cc1ccccc1. The van der Waals surface area contributed by atoms with Gasteiger partial charge < -0.3 is 9.84 Å². The Labute approximate surface area is 197 Å². The number of esters is 1. The number of hydrogen-bond donors (Lipinski definition) is 1. The van der Waals surface area contributed by atoms with Crippen molar-refractivity contribution in [2.45, 2.75) is 58.3 Å². The first kappa shape index (κ1) is 24.7. The molecular weight excluding hydrogens is 410 g/mol. The van der Waals surface area contributed by atoms with E-state index in [-0.39, 0.29) is 18.4 Å². The summed E-state index contributed by atoms with van der Waals surface area (Å²) in [6, 6.07) is 29.7. The number of carbonyl (C=O) groups is 1. The third-order valence-electron chi connectivity index (χ3n) is 5.70. The van der Waals surface area contributed by atoms with Gasteiger partial charge in [-0.15, -0.1) is 0 Å². The molecule has 0 bridgehead atoms. The first-order valence-corrected chi connectivity index (χ1v) is 11.8. The summed E-state index contributed by atoms with van der Waals surface area (Å²) in [4.78, 5) is 14.7. The van der Waals surface area contributed by atoms with Gasteiger partial charge in [0.2, 0.25) is 0 Å². The van der Waals surface area contributed by atoms with Crippen molar-refractivity contribution in [3.05, 3.63) is 102 Å². The van der Waals surface area contributed by atoms with E-state index in [9.17, 15) is 9.90 Å². The maximum atomic E-state index is 12.4. The molecule has 1 N–H and O–H groups in total. The van der Waals surface area contributed by atoms with E-state index in [0.29, 0.717) is 18.1 Å². The van der Waals surface area contributed by atoms with E-state index in [1.54, 1.807) is 12.1 Å². The van der Waals surface area contributed by atoms with Crippen LogP contribution in [-0.4, -0.2) is 28.1 Å². The highest BCUT2D eigenvalue weighted by atomic mass is 16.5. The molecule has 4 heteroatoms. The average molecular weight is 446 g/mol. The van der Waals surface area contributed by atoms with Crippen molar-refractivity contribution in [3.8, 4) is 5.75 Å². The summed E-state index contributed by atoms with van der Waals surface area (Å²) in [7, 11) is 0. The summed E-state index contributed by atoms with van der Waals surface area (Å²) >= 11 is 0. The van der Waals surface area contributed by atoms with Crippen LogP contribution in [0.5, 0.6) is 5.75 Å². The van der Waals surface area contributed by atoms with Crippen LogP contribution in [0.25, 0.3) is 0 Å². The van der Waals surface area contributed by atoms with Crippen LogP contribution in [0, 0.1) is 5.92 Å². The number of hydrogen-bond acceptors (Lipinski definition) is 4. The van der Waals surface area contributed by atoms with Crippen LogP contribution >= 0.6 is 0 Å². The molecule has 0 fully saturated rings. The molecule has 0 aliphatic carbocycles. The van der Waals surface area contributed by atoms with Crippen molar-refractivity contribution in [2.75, 3.05) is 0 Å². The first-order valence-electron chi connectivity index (χ1n) is 11.8. The third-order valence-corrected chi connectivity index (χ3v) is 5.70. The Morgan fingerprint density at radius 1 is 0.818 bits per heavy atom. The average Bonchev–Trinajstić information content (AvgIpc) is 2.82. The fourth-order valence-corrected chi connectivity index (χ4v) is 4.09. The van der Waals surface area contributed by atoms with Crippen molar-refractivity contribution in [1.29, 1.82) is 0 Å². The molecular formula is C29H35NO3. The third kappa shape index (κ3) is 8.49. The van der Waals surface area contributed by atoms with Crippen molar-refractivity contribution in [2.24, 2.45) is 5.92 Å². The van der Waals surface area contributed by atoms with Gasteiger partial charge in [-0.25, -0.2) is 0 Å². The smallest absolute Gasteiger partial charge is 0.311 e. The van der Waals surface area contributed by atoms with Gasteiger partial charge in [0.05, 0.1) is 6.10 Å². The topological polar surface area (TPSA) is 49.8 Å². The second kappa shape index (κ2) is 12.9. The number of carbonyl (C=O) groups excluding carboxylic acids is 1. The van der Waals surface area contributed by atoms with Gasteiger partial charge in [0, 0.05) is 25.6 Å². The Hall–Kier alpha value is -2.95. The van der Waals surface area contributed by atoms with Gasteiger partial charge in [-0.2, -0.15) is 0 Å². The number of benzene rings is 3. The molecule has 2 atom stereocenters. The highest BCUT2D eigenvalue weighted by Crippen LogP contribution is 2.23. The molecule has 0 radical (unpaired) electrons. The normalized spacial score (nSPS) is 13.1. The maximum absolute atomic E-state index is 12.4. The van der Waals surface area contributed by atoms with E-state index >= 15 is 0 Å². The lowest BCUT2D eigenvalue weighted by atomic mass is 9.94. The zero-order valence-electron chi connectivity index (χ0n) is 19.6. The Morgan fingerprint density at radius 3 is 1.79 bits per heavy atom. The van der Waals surface area contributed by atoms with Gasteiger partial charge in [-0.3, -0.25) is 9.69 Å². The Balaban J connectivity index is 1.72. The molecule has 0 aliphatic rings. The quantitative estimate of drug-likeness (QED) is 0.281. The minimum absolute atomic E-state index is 0.0741. The molecule has 0 saturated carbocycles. The van der Waals surface area contributed by atoms with Gasteiger partial charge >= 0.3 is 5.97 Å². The lowest BCUT2D eigenvalue weighted by Gasteiger charge is -2.36. The van der Waals surface area contributed by atoms with Crippen LogP contribution in [0.3, 0.4) is 0 Å². The van der Waals surface area contributed by atoms with Crippen LogP contribution in [0.15, 0.2) is 91.0 Å². The van der Waals surface area contributed by atoms with Crippen LogP contribution < -0.4 is 4.74 Å². The lowest BCUT2D eigenvalue weighted by molar-refractivity contribution is -0.135. The molecule has 0 saturated heterocycles. The molecule has 0 spiro atoms. The Morgan fingerprint density at radius 2 is 1.30 bits per heavy atom. The fraction of sp³-hybridized carbons (Fsp3) is 0.345. The van der Waals surface area contributed by atoms with Gasteiger partial charge in [0.25, 0.3) is 0 Å². The van der Waals surface area contributed by atoms with Crippen LogP contribution in [0.2, 0.25) is 0 Å². The Bertz CT molecular complexity index is 903. The predicted molar refractivity (Wildman–Crippen MR) is 133 cm³/mol. The van der Waals surface area contributed by atoms with E-state index in [2.05, 4.69) is 43.0 Å². The van der Waals surface area contributed by atoms with E-state index in [4.69, 9.17) is 4.74 Å². The molecule has 3 rings (SSSR count). The fourth-order valence-electron chi connectivity index (χ4n) is 4.09. The maximum Gasteiger partial charge on any atom is 0.311 e. The van der Waals surface area contributed by atoms with Gasteiger partial charge in [-0.1, -0.05) is 92.7 Å². The molecule has 0 amide bonds. The molecule has 3 aromatic rings. The van der Waals surface area contributed by atoms with Gasteiger partial charge in [0.1, 0.15) is 5.75 Å². The van der Waals surface area contributed by atoms with E-state index in [1.165, 1.54) is 11.1 Å². The number of aliphatic hydroxyl groups excluding tert-OH is 1. The number of nitrogens with zero attached hydrogens (tertiary/aromatic N) is 1. The van der Waals surface area contributed by atoms with Crippen molar-refractivity contribution < 1.29 is 14.6 Å². The highest BCUT2D eigenvalue weighted by Gasteiger charge is 2.28. The number of aliphatic hydroxyl groups is 1. The molecule has 0 heterocycles.